The van der Waals surface area contributed by atoms with Crippen LogP contribution in [0.1, 0.15) is 20.3 Å². The highest BCUT2D eigenvalue weighted by Crippen LogP contribution is 2.21. The number of sulfone groups is 1. The number of anilines is 1. The minimum Gasteiger partial charge on any atom is -0.359 e. The van der Waals surface area contributed by atoms with Gasteiger partial charge in [-0.1, -0.05) is 13.8 Å². The molecule has 0 aliphatic carbocycles. The number of rotatable bonds is 6. The molecular weight excluding hydrogens is 262 g/mol. The van der Waals surface area contributed by atoms with E-state index < -0.39 is 9.84 Å². The Hall–Kier alpha value is -1.14. The third-order valence-corrected chi connectivity index (χ3v) is 4.28. The molecule has 19 heavy (non-hydrogen) atoms. The molecule has 0 bridgehead atoms. The number of hydrogen-bond acceptors (Lipinski definition) is 5. The van der Waals surface area contributed by atoms with Gasteiger partial charge in [0.05, 0.1) is 0 Å². The summed E-state index contributed by atoms with van der Waals surface area (Å²) < 4.78 is 23.4. The fraction of sp³-hybridized carbons (Fsp3) is 0.615. The number of aromatic nitrogens is 1. The summed E-state index contributed by atoms with van der Waals surface area (Å²) in [5.41, 5.74) is 6.00. The van der Waals surface area contributed by atoms with Gasteiger partial charge < -0.3 is 10.6 Å². The number of nitrogens with zero attached hydrogens (tertiary/aromatic N) is 2. The number of pyridine rings is 1. The van der Waals surface area contributed by atoms with E-state index in [0.717, 1.165) is 6.42 Å². The van der Waals surface area contributed by atoms with Crippen molar-refractivity contribution in [2.75, 3.05) is 24.7 Å². The highest BCUT2D eigenvalue weighted by Gasteiger charge is 2.17. The molecule has 5 nitrogen and oxygen atoms in total. The van der Waals surface area contributed by atoms with E-state index >= 15 is 0 Å². The second-order valence-corrected chi connectivity index (χ2v) is 7.20. The average Bonchev–Trinajstić information content (AvgIpc) is 2.34. The van der Waals surface area contributed by atoms with Crippen LogP contribution in [0.15, 0.2) is 23.2 Å². The molecule has 1 unspecified atom stereocenters. The summed E-state index contributed by atoms with van der Waals surface area (Å²) >= 11 is 0. The van der Waals surface area contributed by atoms with Crippen LogP contribution in [0.2, 0.25) is 0 Å². The number of nitrogens with two attached hydrogens (primary N) is 1. The van der Waals surface area contributed by atoms with Crippen molar-refractivity contribution in [2.45, 2.75) is 31.2 Å². The highest BCUT2D eigenvalue weighted by molar-refractivity contribution is 7.90. The van der Waals surface area contributed by atoms with Gasteiger partial charge >= 0.3 is 0 Å². The fourth-order valence-electron chi connectivity index (χ4n) is 1.74. The van der Waals surface area contributed by atoms with Crippen molar-refractivity contribution in [1.82, 2.24) is 4.98 Å². The van der Waals surface area contributed by atoms with E-state index in [0.29, 0.717) is 18.3 Å². The van der Waals surface area contributed by atoms with E-state index in [-0.39, 0.29) is 10.9 Å². The molecule has 0 fully saturated rings. The van der Waals surface area contributed by atoms with E-state index in [4.69, 9.17) is 5.73 Å². The quantitative estimate of drug-likeness (QED) is 0.852. The Balaban J connectivity index is 2.86. The zero-order chi connectivity index (χ0) is 14.6. The van der Waals surface area contributed by atoms with Gasteiger partial charge in [-0.3, -0.25) is 0 Å². The van der Waals surface area contributed by atoms with Crippen molar-refractivity contribution >= 4 is 15.7 Å². The molecule has 1 atom stereocenters. The van der Waals surface area contributed by atoms with Crippen molar-refractivity contribution in [3.63, 3.8) is 0 Å². The average molecular weight is 285 g/mol. The molecule has 0 aliphatic rings. The Morgan fingerprint density at radius 3 is 2.58 bits per heavy atom. The van der Waals surface area contributed by atoms with Gasteiger partial charge in [0.2, 0.25) is 0 Å². The standard InChI is InChI=1S/C13H23N3O2S/c1-10(2)11(14)7-9-16(3)13-12(19(4,17)18)6-5-8-15-13/h5-6,8,10-11H,7,9,14H2,1-4H3. The van der Waals surface area contributed by atoms with Crippen LogP contribution in [-0.4, -0.2) is 39.3 Å². The molecular formula is C13H23N3O2S. The summed E-state index contributed by atoms with van der Waals surface area (Å²) in [4.78, 5) is 6.28. The maximum atomic E-state index is 11.7. The summed E-state index contributed by atoms with van der Waals surface area (Å²) in [5, 5.41) is 0. The van der Waals surface area contributed by atoms with Crippen LogP contribution in [0.3, 0.4) is 0 Å². The lowest BCUT2D eigenvalue weighted by molar-refractivity contribution is 0.465. The zero-order valence-corrected chi connectivity index (χ0v) is 12.8. The molecule has 0 aliphatic heterocycles. The minimum atomic E-state index is -3.27. The molecule has 0 aromatic carbocycles. The Morgan fingerprint density at radius 2 is 2.05 bits per heavy atom. The van der Waals surface area contributed by atoms with Gasteiger partial charge in [-0.05, 0) is 24.5 Å². The van der Waals surface area contributed by atoms with Crippen molar-refractivity contribution in [3.05, 3.63) is 18.3 Å². The molecule has 2 N–H and O–H groups in total. The molecule has 1 aromatic heterocycles. The second kappa shape index (κ2) is 6.34. The molecule has 1 heterocycles. The predicted molar refractivity (Wildman–Crippen MR) is 78.0 cm³/mol. The third kappa shape index (κ3) is 4.47. The van der Waals surface area contributed by atoms with Gasteiger partial charge in [0, 0.05) is 32.1 Å². The smallest absolute Gasteiger partial charge is 0.179 e. The largest absolute Gasteiger partial charge is 0.359 e. The first-order chi connectivity index (χ1) is 8.73. The molecule has 0 radical (unpaired) electrons. The molecule has 1 rings (SSSR count). The summed E-state index contributed by atoms with van der Waals surface area (Å²) in [6.07, 6.45) is 3.60. The normalized spacial score (nSPS) is 13.6. The Labute approximate surface area is 115 Å². The maximum absolute atomic E-state index is 11.7. The van der Waals surface area contributed by atoms with Gasteiger partial charge in [-0.15, -0.1) is 0 Å². The van der Waals surface area contributed by atoms with Crippen LogP contribution in [0.25, 0.3) is 0 Å². The summed E-state index contributed by atoms with van der Waals surface area (Å²) in [6.45, 7) is 4.83. The van der Waals surface area contributed by atoms with Crippen LogP contribution in [0, 0.1) is 5.92 Å². The topological polar surface area (TPSA) is 76.3 Å². The van der Waals surface area contributed by atoms with Gasteiger partial charge in [0.25, 0.3) is 0 Å². The van der Waals surface area contributed by atoms with Crippen LogP contribution < -0.4 is 10.6 Å². The molecule has 0 spiro atoms. The lowest BCUT2D eigenvalue weighted by Crippen LogP contribution is -2.32. The third-order valence-electron chi connectivity index (χ3n) is 3.17. The van der Waals surface area contributed by atoms with Gasteiger partial charge in [-0.2, -0.15) is 0 Å². The van der Waals surface area contributed by atoms with Gasteiger partial charge in [0.15, 0.2) is 9.84 Å². The lowest BCUT2D eigenvalue weighted by Gasteiger charge is -2.23. The molecule has 1 aromatic rings. The molecule has 0 saturated carbocycles. The second-order valence-electron chi connectivity index (χ2n) is 5.22. The van der Waals surface area contributed by atoms with E-state index in [2.05, 4.69) is 18.8 Å². The fourth-order valence-corrected chi connectivity index (χ4v) is 2.61. The monoisotopic (exact) mass is 285 g/mol. The van der Waals surface area contributed by atoms with Crippen molar-refractivity contribution in [3.8, 4) is 0 Å². The zero-order valence-electron chi connectivity index (χ0n) is 12.0. The van der Waals surface area contributed by atoms with Gasteiger partial charge in [0.1, 0.15) is 10.7 Å². The SMILES string of the molecule is CC(C)C(N)CCN(C)c1ncccc1S(C)(=O)=O. The van der Waals surface area contributed by atoms with E-state index in [1.54, 1.807) is 18.3 Å². The first-order valence-electron chi connectivity index (χ1n) is 6.35. The summed E-state index contributed by atoms with van der Waals surface area (Å²) in [6, 6.07) is 3.32. The predicted octanol–water partition coefficient (Wildman–Crippen LogP) is 1.29. The van der Waals surface area contributed by atoms with E-state index in [1.807, 2.05) is 11.9 Å². The van der Waals surface area contributed by atoms with Crippen LogP contribution in [-0.2, 0) is 9.84 Å². The molecule has 0 amide bonds. The van der Waals surface area contributed by atoms with Crippen molar-refractivity contribution < 1.29 is 8.42 Å². The van der Waals surface area contributed by atoms with Crippen LogP contribution in [0.5, 0.6) is 0 Å². The molecule has 6 heteroatoms. The minimum absolute atomic E-state index is 0.104. The van der Waals surface area contributed by atoms with Crippen LogP contribution >= 0.6 is 0 Å². The first kappa shape index (κ1) is 15.9. The highest BCUT2D eigenvalue weighted by atomic mass is 32.2. The van der Waals surface area contributed by atoms with E-state index in [9.17, 15) is 8.42 Å². The Kier molecular flexibility index (Phi) is 5.31. The number of hydrogen-bond donors (Lipinski definition) is 1. The summed E-state index contributed by atoms with van der Waals surface area (Å²) in [5.74, 6) is 0.896. The van der Waals surface area contributed by atoms with Crippen LogP contribution in [0.4, 0.5) is 5.82 Å². The lowest BCUT2D eigenvalue weighted by atomic mass is 10.0. The first-order valence-corrected chi connectivity index (χ1v) is 8.24. The maximum Gasteiger partial charge on any atom is 0.179 e. The van der Waals surface area contributed by atoms with Crippen molar-refractivity contribution in [1.29, 1.82) is 0 Å². The Bertz CT molecular complexity index is 514. The Morgan fingerprint density at radius 1 is 1.42 bits per heavy atom. The van der Waals surface area contributed by atoms with E-state index in [1.165, 1.54) is 6.26 Å². The van der Waals surface area contributed by atoms with Gasteiger partial charge in [-0.25, -0.2) is 13.4 Å². The summed E-state index contributed by atoms with van der Waals surface area (Å²) in [7, 11) is -1.43. The molecule has 0 saturated heterocycles. The molecule has 108 valence electrons. The van der Waals surface area contributed by atoms with Crippen molar-refractivity contribution in [2.24, 2.45) is 11.7 Å².